The minimum absolute atomic E-state index is 0.0239. The van der Waals surface area contributed by atoms with Gasteiger partial charge in [-0.1, -0.05) is 12.1 Å². The predicted octanol–water partition coefficient (Wildman–Crippen LogP) is 1.81. The van der Waals surface area contributed by atoms with E-state index < -0.39 is 0 Å². The van der Waals surface area contributed by atoms with E-state index >= 15 is 0 Å². The standard InChI is InChI=1S/C10H10O3/c1-6-3-4-7(2)9-8(6)10(11)13-5-12-9/h3-4H,5H2,1-2H3. The highest BCUT2D eigenvalue weighted by Gasteiger charge is 2.23. The molecule has 68 valence electrons. The van der Waals surface area contributed by atoms with Crippen molar-refractivity contribution in [3.05, 3.63) is 28.8 Å². The molecule has 1 aliphatic rings. The molecule has 0 saturated heterocycles. The van der Waals surface area contributed by atoms with Gasteiger partial charge in [0.2, 0.25) is 6.79 Å². The first-order valence-electron chi connectivity index (χ1n) is 4.10. The van der Waals surface area contributed by atoms with Crippen LogP contribution in [0.15, 0.2) is 12.1 Å². The van der Waals surface area contributed by atoms with Gasteiger partial charge in [-0.3, -0.25) is 0 Å². The molecule has 1 heterocycles. The van der Waals surface area contributed by atoms with Crippen LogP contribution in [0.25, 0.3) is 0 Å². The minimum Gasteiger partial charge on any atom is -0.456 e. The summed E-state index contributed by atoms with van der Waals surface area (Å²) in [6.45, 7) is 3.81. The van der Waals surface area contributed by atoms with Gasteiger partial charge >= 0.3 is 5.97 Å². The number of benzene rings is 1. The molecule has 0 amide bonds. The number of hydrogen-bond acceptors (Lipinski definition) is 3. The molecule has 0 spiro atoms. The average Bonchev–Trinajstić information content (AvgIpc) is 2.12. The van der Waals surface area contributed by atoms with Crippen molar-refractivity contribution in [3.63, 3.8) is 0 Å². The fraction of sp³-hybridized carbons (Fsp3) is 0.300. The van der Waals surface area contributed by atoms with Gasteiger partial charge in [-0.15, -0.1) is 0 Å². The van der Waals surface area contributed by atoms with E-state index in [0.29, 0.717) is 11.3 Å². The molecule has 1 aromatic rings. The fourth-order valence-corrected chi connectivity index (χ4v) is 1.44. The maximum Gasteiger partial charge on any atom is 0.345 e. The maximum atomic E-state index is 11.4. The summed E-state index contributed by atoms with van der Waals surface area (Å²) in [5.41, 5.74) is 2.42. The normalized spacial score (nSPS) is 14.5. The number of ether oxygens (including phenoxy) is 2. The summed E-state index contributed by atoms with van der Waals surface area (Å²) in [7, 11) is 0. The first kappa shape index (κ1) is 8.10. The van der Waals surface area contributed by atoms with E-state index in [1.807, 2.05) is 26.0 Å². The average molecular weight is 178 g/mol. The first-order valence-corrected chi connectivity index (χ1v) is 4.10. The Morgan fingerprint density at radius 1 is 1.15 bits per heavy atom. The molecule has 3 heteroatoms. The van der Waals surface area contributed by atoms with Crippen molar-refractivity contribution < 1.29 is 14.3 Å². The Hall–Kier alpha value is -1.51. The van der Waals surface area contributed by atoms with Gasteiger partial charge in [-0.05, 0) is 25.0 Å². The molecule has 0 atom stereocenters. The molecule has 1 aromatic carbocycles. The van der Waals surface area contributed by atoms with E-state index in [9.17, 15) is 4.79 Å². The van der Waals surface area contributed by atoms with Crippen LogP contribution in [0.4, 0.5) is 0 Å². The van der Waals surface area contributed by atoms with E-state index in [2.05, 4.69) is 0 Å². The van der Waals surface area contributed by atoms with Crippen LogP contribution in [0, 0.1) is 13.8 Å². The zero-order valence-corrected chi connectivity index (χ0v) is 7.59. The molecule has 2 rings (SSSR count). The number of hydrogen-bond donors (Lipinski definition) is 0. The van der Waals surface area contributed by atoms with Gasteiger partial charge in [0.25, 0.3) is 0 Å². The number of aryl methyl sites for hydroxylation is 2. The summed E-state index contributed by atoms with van der Waals surface area (Å²) in [5.74, 6) is 0.374. The van der Waals surface area contributed by atoms with Crippen LogP contribution in [0.3, 0.4) is 0 Å². The second kappa shape index (κ2) is 2.76. The molecular formula is C10H10O3. The van der Waals surface area contributed by atoms with Gasteiger partial charge in [-0.25, -0.2) is 4.79 Å². The molecule has 0 saturated carbocycles. The zero-order chi connectivity index (χ0) is 9.42. The Morgan fingerprint density at radius 2 is 1.85 bits per heavy atom. The summed E-state index contributed by atoms with van der Waals surface area (Å²) in [6, 6.07) is 3.83. The number of carbonyl (C=O) groups is 1. The Labute approximate surface area is 76.3 Å². The van der Waals surface area contributed by atoms with E-state index in [1.165, 1.54) is 0 Å². The van der Waals surface area contributed by atoms with Gasteiger partial charge in [0.15, 0.2) is 0 Å². The summed E-state index contributed by atoms with van der Waals surface area (Å²) >= 11 is 0. The third kappa shape index (κ3) is 1.16. The maximum absolute atomic E-state index is 11.4. The van der Waals surface area contributed by atoms with Gasteiger partial charge in [0.1, 0.15) is 11.3 Å². The van der Waals surface area contributed by atoms with Gasteiger partial charge in [-0.2, -0.15) is 0 Å². The molecule has 13 heavy (non-hydrogen) atoms. The third-order valence-electron chi connectivity index (χ3n) is 2.16. The molecule has 3 nitrogen and oxygen atoms in total. The number of carbonyl (C=O) groups excluding carboxylic acids is 1. The fourth-order valence-electron chi connectivity index (χ4n) is 1.44. The molecule has 0 aliphatic carbocycles. The van der Waals surface area contributed by atoms with Gasteiger partial charge in [0, 0.05) is 0 Å². The largest absolute Gasteiger partial charge is 0.456 e. The predicted molar refractivity (Wildman–Crippen MR) is 46.8 cm³/mol. The third-order valence-corrected chi connectivity index (χ3v) is 2.16. The molecular weight excluding hydrogens is 168 g/mol. The summed E-state index contributed by atoms with van der Waals surface area (Å²) in [4.78, 5) is 11.4. The van der Waals surface area contributed by atoms with Crippen molar-refractivity contribution in [1.29, 1.82) is 0 Å². The van der Waals surface area contributed by atoms with Crippen LogP contribution in [-0.2, 0) is 4.74 Å². The number of rotatable bonds is 0. The van der Waals surface area contributed by atoms with Crippen molar-refractivity contribution >= 4 is 5.97 Å². The van der Waals surface area contributed by atoms with Gasteiger partial charge in [0.05, 0.1) is 0 Å². The van der Waals surface area contributed by atoms with Crippen LogP contribution < -0.4 is 4.74 Å². The highest BCUT2D eigenvalue weighted by atomic mass is 16.7. The Balaban J connectivity index is 2.67. The summed E-state index contributed by atoms with van der Waals surface area (Å²) in [5, 5.41) is 0. The Bertz CT molecular complexity index is 369. The van der Waals surface area contributed by atoms with Crippen molar-refractivity contribution in [1.82, 2.24) is 0 Å². The van der Waals surface area contributed by atoms with Crippen LogP contribution in [0.1, 0.15) is 21.5 Å². The van der Waals surface area contributed by atoms with E-state index in [0.717, 1.165) is 11.1 Å². The smallest absolute Gasteiger partial charge is 0.345 e. The summed E-state index contributed by atoms with van der Waals surface area (Å²) < 4.78 is 10.0. The highest BCUT2D eigenvalue weighted by Crippen LogP contribution is 2.29. The minimum atomic E-state index is -0.289. The SMILES string of the molecule is Cc1ccc(C)c2c1OCOC2=O. The molecule has 0 unspecified atom stereocenters. The number of cyclic esters (lactones) is 1. The van der Waals surface area contributed by atoms with Crippen LogP contribution >= 0.6 is 0 Å². The lowest BCUT2D eigenvalue weighted by molar-refractivity contribution is 0.00447. The molecule has 1 aliphatic heterocycles. The summed E-state index contributed by atoms with van der Waals surface area (Å²) in [6.07, 6.45) is 0. The van der Waals surface area contributed by atoms with Crippen molar-refractivity contribution in [2.24, 2.45) is 0 Å². The lowest BCUT2D eigenvalue weighted by Crippen LogP contribution is -2.20. The van der Waals surface area contributed by atoms with E-state index in [4.69, 9.17) is 9.47 Å². The Morgan fingerprint density at radius 3 is 2.54 bits per heavy atom. The molecule has 0 N–H and O–H groups in total. The molecule has 0 fully saturated rings. The van der Waals surface area contributed by atoms with Crippen LogP contribution in [-0.4, -0.2) is 12.8 Å². The van der Waals surface area contributed by atoms with E-state index in [1.54, 1.807) is 0 Å². The topological polar surface area (TPSA) is 35.5 Å². The van der Waals surface area contributed by atoms with Crippen LogP contribution in [0.5, 0.6) is 5.75 Å². The second-order valence-electron chi connectivity index (χ2n) is 3.10. The molecule has 0 radical (unpaired) electrons. The van der Waals surface area contributed by atoms with Crippen molar-refractivity contribution in [3.8, 4) is 5.75 Å². The highest BCUT2D eigenvalue weighted by molar-refractivity contribution is 5.95. The Kier molecular flexibility index (Phi) is 1.72. The first-order chi connectivity index (χ1) is 6.20. The lowest BCUT2D eigenvalue weighted by atomic mass is 10.0. The zero-order valence-electron chi connectivity index (χ0n) is 7.59. The van der Waals surface area contributed by atoms with Crippen molar-refractivity contribution in [2.45, 2.75) is 13.8 Å². The number of fused-ring (bicyclic) bond motifs is 1. The second-order valence-corrected chi connectivity index (χ2v) is 3.10. The molecule has 0 bridgehead atoms. The molecule has 0 aromatic heterocycles. The lowest BCUT2D eigenvalue weighted by Gasteiger charge is -2.19. The van der Waals surface area contributed by atoms with Gasteiger partial charge < -0.3 is 9.47 Å². The van der Waals surface area contributed by atoms with Crippen molar-refractivity contribution in [2.75, 3.05) is 6.79 Å². The monoisotopic (exact) mass is 178 g/mol. The quantitative estimate of drug-likeness (QED) is 0.568. The van der Waals surface area contributed by atoms with E-state index in [-0.39, 0.29) is 12.8 Å². The van der Waals surface area contributed by atoms with Crippen LogP contribution in [0.2, 0.25) is 0 Å². The number of esters is 1.